The predicted octanol–water partition coefficient (Wildman–Crippen LogP) is 3.78. The molecule has 0 aromatic carbocycles. The van der Waals surface area contributed by atoms with Crippen molar-refractivity contribution >= 4 is 23.1 Å². The summed E-state index contributed by atoms with van der Waals surface area (Å²) in [5.41, 5.74) is 3.75. The normalized spacial score (nSPS) is 10.6. The molecule has 3 aromatic rings. The van der Waals surface area contributed by atoms with E-state index in [1.807, 2.05) is 42.7 Å². The van der Waals surface area contributed by atoms with Crippen LogP contribution in [0.2, 0.25) is 0 Å². The van der Waals surface area contributed by atoms with Crippen molar-refractivity contribution in [3.8, 4) is 10.7 Å². The van der Waals surface area contributed by atoms with E-state index in [4.69, 9.17) is 4.74 Å². The lowest BCUT2D eigenvalue weighted by Crippen LogP contribution is -2.16. The smallest absolute Gasteiger partial charge is 0.312 e. The number of hydrogen-bond acceptors (Lipinski definition) is 6. The molecule has 0 unspecified atom stereocenters. The third-order valence-corrected chi connectivity index (χ3v) is 5.22. The van der Waals surface area contributed by atoms with E-state index in [2.05, 4.69) is 16.5 Å². The van der Waals surface area contributed by atoms with Crippen molar-refractivity contribution in [3.05, 3.63) is 71.1 Å². The maximum Gasteiger partial charge on any atom is 0.312 e. The average molecular weight is 395 g/mol. The summed E-state index contributed by atoms with van der Waals surface area (Å²) in [5.74, 6) is -0.699. The number of rotatable bonds is 8. The lowest BCUT2D eigenvalue weighted by molar-refractivity contribution is -0.141. The summed E-state index contributed by atoms with van der Waals surface area (Å²) in [7, 11) is 0. The van der Waals surface area contributed by atoms with Gasteiger partial charge in [0.05, 0.1) is 17.8 Å². The first-order valence-electron chi connectivity index (χ1n) is 8.82. The highest BCUT2D eigenvalue weighted by Gasteiger charge is 2.17. The Bertz CT molecular complexity index is 1010. The molecule has 7 heteroatoms. The van der Waals surface area contributed by atoms with Crippen molar-refractivity contribution in [2.75, 3.05) is 6.61 Å². The molecule has 3 rings (SSSR count). The molecule has 0 saturated carbocycles. The van der Waals surface area contributed by atoms with E-state index in [0.29, 0.717) is 17.8 Å². The number of hydrogen-bond donors (Lipinski definition) is 0. The van der Waals surface area contributed by atoms with E-state index in [1.54, 1.807) is 17.7 Å². The molecule has 6 nitrogen and oxygen atoms in total. The number of nitrogens with zero attached hydrogens (tertiary/aromatic N) is 3. The minimum atomic E-state index is -0.480. The van der Waals surface area contributed by atoms with Gasteiger partial charge in [0.25, 0.3) is 0 Å². The molecule has 0 saturated heterocycles. The maximum absolute atomic E-state index is 12.4. The molecule has 0 radical (unpaired) electrons. The Morgan fingerprint density at radius 3 is 2.86 bits per heavy atom. The van der Waals surface area contributed by atoms with E-state index >= 15 is 0 Å². The van der Waals surface area contributed by atoms with E-state index in [1.165, 1.54) is 11.3 Å². The van der Waals surface area contributed by atoms with Gasteiger partial charge in [-0.3, -0.25) is 14.6 Å². The van der Waals surface area contributed by atoms with Gasteiger partial charge in [-0.05, 0) is 32.0 Å². The lowest BCUT2D eigenvalue weighted by Gasteiger charge is -2.06. The maximum atomic E-state index is 12.4. The summed E-state index contributed by atoms with van der Waals surface area (Å²) in [5, 5.41) is 2.55. The zero-order valence-electron chi connectivity index (χ0n) is 15.8. The molecule has 0 spiro atoms. The van der Waals surface area contributed by atoms with Crippen molar-refractivity contribution < 1.29 is 14.3 Å². The number of allylic oxidation sites excluding steroid dienone is 1. The molecular formula is C21H21N3O3S. The van der Waals surface area contributed by atoms with Crippen LogP contribution in [0.5, 0.6) is 0 Å². The second kappa shape index (κ2) is 8.75. The zero-order valence-corrected chi connectivity index (χ0v) is 16.7. The standard InChI is InChI=1S/C21H21N3O3S/c1-4-9-24-14(2)10-17(15(24)3)19(25)12-27-20(26)11-16-13-28-21(23-16)18-7-5-6-8-22-18/h4-8,10,13H,1,9,11-12H2,2-3H3. The van der Waals surface area contributed by atoms with Crippen LogP contribution in [0, 0.1) is 13.8 Å². The van der Waals surface area contributed by atoms with Gasteiger partial charge in [0.2, 0.25) is 5.78 Å². The van der Waals surface area contributed by atoms with Gasteiger partial charge in [-0.15, -0.1) is 17.9 Å². The topological polar surface area (TPSA) is 74.1 Å². The summed E-state index contributed by atoms with van der Waals surface area (Å²) in [6.45, 7) is 7.88. The van der Waals surface area contributed by atoms with Gasteiger partial charge in [0.15, 0.2) is 6.61 Å². The first-order chi connectivity index (χ1) is 13.5. The number of thiazole rings is 1. The van der Waals surface area contributed by atoms with Crippen molar-refractivity contribution in [2.24, 2.45) is 0 Å². The van der Waals surface area contributed by atoms with E-state index < -0.39 is 5.97 Å². The fourth-order valence-electron chi connectivity index (χ4n) is 2.91. The van der Waals surface area contributed by atoms with E-state index in [-0.39, 0.29) is 18.8 Å². The second-order valence-electron chi connectivity index (χ2n) is 6.30. The van der Waals surface area contributed by atoms with Crippen LogP contribution in [0.15, 0.2) is 48.5 Å². The number of carbonyl (C=O) groups excluding carboxylic acids is 2. The van der Waals surface area contributed by atoms with Crippen LogP contribution < -0.4 is 0 Å². The predicted molar refractivity (Wildman–Crippen MR) is 108 cm³/mol. The highest BCUT2D eigenvalue weighted by atomic mass is 32.1. The van der Waals surface area contributed by atoms with Crippen molar-refractivity contribution in [1.82, 2.24) is 14.5 Å². The molecular weight excluding hydrogens is 374 g/mol. The molecule has 0 fully saturated rings. The van der Waals surface area contributed by atoms with Gasteiger partial charge in [-0.2, -0.15) is 0 Å². The van der Waals surface area contributed by atoms with Crippen LogP contribution in [0.1, 0.15) is 27.4 Å². The number of Topliss-reactive ketones (excluding diaryl/α,β-unsaturated/α-hetero) is 1. The summed E-state index contributed by atoms with van der Waals surface area (Å²) in [4.78, 5) is 33.2. The van der Waals surface area contributed by atoms with Crippen LogP contribution in [0.25, 0.3) is 10.7 Å². The molecule has 0 aliphatic carbocycles. The van der Waals surface area contributed by atoms with Crippen LogP contribution in [0.3, 0.4) is 0 Å². The number of carbonyl (C=O) groups is 2. The Labute approximate surface area is 167 Å². The largest absolute Gasteiger partial charge is 0.457 e. The molecule has 28 heavy (non-hydrogen) atoms. The van der Waals surface area contributed by atoms with Crippen LogP contribution in [-0.2, 0) is 22.5 Å². The zero-order chi connectivity index (χ0) is 20.1. The SMILES string of the molecule is C=CCn1c(C)cc(C(=O)COC(=O)Cc2csc(-c3ccccn3)n2)c1C. The second-order valence-corrected chi connectivity index (χ2v) is 7.16. The molecule has 3 aromatic heterocycles. The highest BCUT2D eigenvalue weighted by molar-refractivity contribution is 7.13. The number of pyridine rings is 1. The number of ether oxygens (including phenoxy) is 1. The quantitative estimate of drug-likeness (QED) is 0.330. The highest BCUT2D eigenvalue weighted by Crippen LogP contribution is 2.21. The van der Waals surface area contributed by atoms with Gasteiger partial charge in [0, 0.05) is 35.1 Å². The Hall–Kier alpha value is -3.06. The molecule has 0 aliphatic rings. The molecule has 0 aliphatic heterocycles. The van der Waals surface area contributed by atoms with Gasteiger partial charge in [-0.1, -0.05) is 12.1 Å². The third kappa shape index (κ3) is 4.43. The number of aryl methyl sites for hydroxylation is 1. The number of aromatic nitrogens is 3. The molecule has 144 valence electrons. The number of esters is 1. The lowest BCUT2D eigenvalue weighted by atomic mass is 10.1. The fraction of sp³-hybridized carbons (Fsp3) is 0.238. The van der Waals surface area contributed by atoms with Crippen molar-refractivity contribution in [1.29, 1.82) is 0 Å². The Morgan fingerprint density at radius 2 is 2.14 bits per heavy atom. The Morgan fingerprint density at radius 1 is 1.32 bits per heavy atom. The summed E-state index contributed by atoms with van der Waals surface area (Å²) < 4.78 is 7.17. The average Bonchev–Trinajstić information content (AvgIpc) is 3.27. The van der Waals surface area contributed by atoms with Gasteiger partial charge in [0.1, 0.15) is 5.01 Å². The van der Waals surface area contributed by atoms with Gasteiger partial charge >= 0.3 is 5.97 Å². The van der Waals surface area contributed by atoms with Crippen molar-refractivity contribution in [2.45, 2.75) is 26.8 Å². The van der Waals surface area contributed by atoms with Gasteiger partial charge in [-0.25, -0.2) is 4.98 Å². The van der Waals surface area contributed by atoms with Gasteiger partial charge < -0.3 is 9.30 Å². The minimum Gasteiger partial charge on any atom is -0.457 e. The fourth-order valence-corrected chi connectivity index (χ4v) is 3.71. The third-order valence-electron chi connectivity index (χ3n) is 4.31. The Balaban J connectivity index is 1.58. The molecule has 3 heterocycles. The first kappa shape index (κ1) is 19.7. The van der Waals surface area contributed by atoms with Crippen LogP contribution in [0.4, 0.5) is 0 Å². The van der Waals surface area contributed by atoms with Crippen LogP contribution >= 0.6 is 11.3 Å². The minimum absolute atomic E-state index is 0.0199. The molecule has 0 atom stereocenters. The monoisotopic (exact) mass is 395 g/mol. The summed E-state index contributed by atoms with van der Waals surface area (Å²) >= 11 is 1.42. The van der Waals surface area contributed by atoms with Crippen molar-refractivity contribution in [3.63, 3.8) is 0 Å². The molecule has 0 N–H and O–H groups in total. The Kier molecular flexibility index (Phi) is 6.16. The first-order valence-corrected chi connectivity index (χ1v) is 9.69. The van der Waals surface area contributed by atoms with E-state index in [0.717, 1.165) is 22.1 Å². The van der Waals surface area contributed by atoms with E-state index in [9.17, 15) is 9.59 Å². The summed E-state index contributed by atoms with van der Waals surface area (Å²) in [6, 6.07) is 7.40. The number of ketones is 1. The van der Waals surface area contributed by atoms with Crippen LogP contribution in [-0.4, -0.2) is 32.9 Å². The summed E-state index contributed by atoms with van der Waals surface area (Å²) in [6.07, 6.45) is 3.50. The molecule has 0 amide bonds. The molecule has 0 bridgehead atoms.